The highest BCUT2D eigenvalue weighted by Gasteiger charge is 2.08. The van der Waals surface area contributed by atoms with E-state index in [1.807, 2.05) is 6.92 Å². The Morgan fingerprint density at radius 1 is 0.538 bits per heavy atom. The van der Waals surface area contributed by atoms with Gasteiger partial charge in [0, 0.05) is 5.92 Å². The van der Waals surface area contributed by atoms with Gasteiger partial charge in [0.15, 0.2) is 0 Å². The Morgan fingerprint density at radius 3 is 1.35 bits per heavy atom. The molecular formula is C25H50O. The van der Waals surface area contributed by atoms with E-state index in [0.717, 1.165) is 30.5 Å². The lowest BCUT2D eigenvalue weighted by molar-refractivity contribution is -0.110. The minimum atomic E-state index is 0.251. The summed E-state index contributed by atoms with van der Waals surface area (Å²) in [6.07, 6.45) is 21.7. The van der Waals surface area contributed by atoms with Crippen molar-refractivity contribution < 1.29 is 4.79 Å². The van der Waals surface area contributed by atoms with Crippen molar-refractivity contribution in [2.24, 2.45) is 23.7 Å². The largest absolute Gasteiger partial charge is 0.303 e. The molecule has 156 valence electrons. The van der Waals surface area contributed by atoms with E-state index in [0.29, 0.717) is 0 Å². The van der Waals surface area contributed by atoms with Gasteiger partial charge in [0.25, 0.3) is 0 Å². The molecule has 0 saturated carbocycles. The molecule has 0 unspecified atom stereocenters. The second-order valence-electron chi connectivity index (χ2n) is 9.42. The van der Waals surface area contributed by atoms with Crippen molar-refractivity contribution in [3.63, 3.8) is 0 Å². The molecule has 0 aliphatic heterocycles. The molecule has 0 spiro atoms. The van der Waals surface area contributed by atoms with E-state index in [1.165, 1.54) is 89.9 Å². The summed E-state index contributed by atoms with van der Waals surface area (Å²) < 4.78 is 0. The van der Waals surface area contributed by atoms with Gasteiger partial charge in [-0.1, -0.05) is 125 Å². The van der Waals surface area contributed by atoms with Crippen molar-refractivity contribution in [2.45, 2.75) is 131 Å². The Labute approximate surface area is 166 Å². The molecule has 1 nitrogen and oxygen atoms in total. The minimum absolute atomic E-state index is 0.251. The van der Waals surface area contributed by atoms with Crippen LogP contribution in [0.4, 0.5) is 0 Å². The fourth-order valence-electron chi connectivity index (χ4n) is 4.02. The maximum Gasteiger partial charge on any atom is 0.122 e. The molecule has 0 heterocycles. The molecule has 0 rings (SSSR count). The van der Waals surface area contributed by atoms with Gasteiger partial charge in [0.1, 0.15) is 6.29 Å². The van der Waals surface area contributed by atoms with Gasteiger partial charge in [-0.2, -0.15) is 0 Å². The van der Waals surface area contributed by atoms with Crippen molar-refractivity contribution >= 4 is 6.29 Å². The van der Waals surface area contributed by atoms with Gasteiger partial charge < -0.3 is 4.79 Å². The van der Waals surface area contributed by atoms with Crippen molar-refractivity contribution in [1.29, 1.82) is 0 Å². The fraction of sp³-hybridized carbons (Fsp3) is 0.960. The van der Waals surface area contributed by atoms with Crippen LogP contribution in [0.1, 0.15) is 131 Å². The second-order valence-corrected chi connectivity index (χ2v) is 9.42. The van der Waals surface area contributed by atoms with E-state index in [-0.39, 0.29) is 5.92 Å². The molecule has 0 aromatic heterocycles. The zero-order valence-electron chi connectivity index (χ0n) is 18.9. The summed E-state index contributed by atoms with van der Waals surface area (Å²) in [5.41, 5.74) is 0. The second kappa shape index (κ2) is 18.1. The maximum atomic E-state index is 10.6. The molecule has 0 radical (unpaired) electrons. The monoisotopic (exact) mass is 366 g/mol. The third-order valence-electron chi connectivity index (χ3n) is 6.18. The van der Waals surface area contributed by atoms with Crippen molar-refractivity contribution in [3.8, 4) is 0 Å². The summed E-state index contributed by atoms with van der Waals surface area (Å²) in [6, 6.07) is 0. The number of carbonyl (C=O) groups excluding carboxylic acids is 1. The van der Waals surface area contributed by atoms with Crippen LogP contribution in [0.5, 0.6) is 0 Å². The van der Waals surface area contributed by atoms with Gasteiger partial charge in [-0.05, 0) is 24.2 Å². The van der Waals surface area contributed by atoms with Crippen LogP contribution in [0.2, 0.25) is 0 Å². The molecule has 0 aromatic rings. The van der Waals surface area contributed by atoms with Crippen LogP contribution in [0.3, 0.4) is 0 Å². The third kappa shape index (κ3) is 17.1. The summed E-state index contributed by atoms with van der Waals surface area (Å²) in [5.74, 6) is 2.90. The van der Waals surface area contributed by atoms with Crippen molar-refractivity contribution in [1.82, 2.24) is 0 Å². The predicted molar refractivity (Wildman–Crippen MR) is 118 cm³/mol. The summed E-state index contributed by atoms with van der Waals surface area (Å²) in [7, 11) is 0. The first-order valence-corrected chi connectivity index (χ1v) is 11.9. The summed E-state index contributed by atoms with van der Waals surface area (Å²) in [4.78, 5) is 10.6. The van der Waals surface area contributed by atoms with Crippen LogP contribution in [0.25, 0.3) is 0 Å². The highest BCUT2D eigenvalue weighted by Crippen LogP contribution is 2.23. The molecule has 0 bridgehead atoms. The summed E-state index contributed by atoms with van der Waals surface area (Å²) in [5, 5.41) is 0. The topological polar surface area (TPSA) is 17.1 Å². The molecule has 0 aliphatic rings. The molecule has 0 aliphatic carbocycles. The Balaban J connectivity index is 3.50. The first kappa shape index (κ1) is 25.7. The molecule has 0 saturated heterocycles. The Bertz CT molecular complexity index is 299. The van der Waals surface area contributed by atoms with E-state index in [4.69, 9.17) is 0 Å². The highest BCUT2D eigenvalue weighted by atomic mass is 16.1. The van der Waals surface area contributed by atoms with Gasteiger partial charge in [-0.25, -0.2) is 0 Å². The molecule has 0 aromatic carbocycles. The normalized spacial score (nSPS) is 16.2. The summed E-state index contributed by atoms with van der Waals surface area (Å²) >= 11 is 0. The lowest BCUT2D eigenvalue weighted by Crippen LogP contribution is -2.02. The molecule has 1 heteroatoms. The zero-order chi connectivity index (χ0) is 19.6. The molecular weight excluding hydrogens is 316 g/mol. The quantitative estimate of drug-likeness (QED) is 0.165. The minimum Gasteiger partial charge on any atom is -0.303 e. The SMILES string of the molecule is CCCCCCC[C@H](C)CCC[C@H](C)CCC[C@H](C)CCC[C@H](C)C=O. The Morgan fingerprint density at radius 2 is 0.923 bits per heavy atom. The van der Waals surface area contributed by atoms with E-state index < -0.39 is 0 Å². The van der Waals surface area contributed by atoms with Gasteiger partial charge >= 0.3 is 0 Å². The average Bonchev–Trinajstić information content (AvgIpc) is 2.61. The first-order chi connectivity index (χ1) is 12.5. The number of aldehydes is 1. The molecule has 4 atom stereocenters. The van der Waals surface area contributed by atoms with Crippen LogP contribution in [0, 0.1) is 23.7 Å². The van der Waals surface area contributed by atoms with E-state index in [2.05, 4.69) is 27.7 Å². The number of carbonyl (C=O) groups is 1. The number of rotatable bonds is 19. The van der Waals surface area contributed by atoms with Gasteiger partial charge in [0.2, 0.25) is 0 Å². The Kier molecular flexibility index (Phi) is 17.8. The van der Waals surface area contributed by atoms with Crippen LogP contribution in [0.15, 0.2) is 0 Å². The van der Waals surface area contributed by atoms with Crippen LogP contribution >= 0.6 is 0 Å². The highest BCUT2D eigenvalue weighted by molar-refractivity contribution is 5.52. The van der Waals surface area contributed by atoms with Crippen LogP contribution in [-0.4, -0.2) is 6.29 Å². The Hall–Kier alpha value is -0.330. The maximum absolute atomic E-state index is 10.6. The number of hydrogen-bond acceptors (Lipinski definition) is 1. The number of unbranched alkanes of at least 4 members (excludes halogenated alkanes) is 4. The fourth-order valence-corrected chi connectivity index (χ4v) is 4.02. The molecule has 0 amide bonds. The third-order valence-corrected chi connectivity index (χ3v) is 6.18. The van der Waals surface area contributed by atoms with Crippen LogP contribution < -0.4 is 0 Å². The predicted octanol–water partition coefficient (Wildman–Crippen LogP) is 8.60. The van der Waals surface area contributed by atoms with Crippen LogP contribution in [-0.2, 0) is 4.79 Å². The molecule has 0 fully saturated rings. The lowest BCUT2D eigenvalue weighted by Gasteiger charge is -2.16. The lowest BCUT2D eigenvalue weighted by atomic mass is 9.90. The van der Waals surface area contributed by atoms with Crippen molar-refractivity contribution in [2.75, 3.05) is 0 Å². The van der Waals surface area contributed by atoms with Gasteiger partial charge in [-0.3, -0.25) is 0 Å². The standard InChI is InChI=1S/C25H50O/c1-6-7-8-9-10-14-22(2)15-11-16-23(3)17-12-18-24(4)19-13-20-25(5)21-26/h21-25H,6-20H2,1-5H3/t22-,23-,24-,25-/m0/s1. The van der Waals surface area contributed by atoms with Gasteiger partial charge in [-0.15, -0.1) is 0 Å². The van der Waals surface area contributed by atoms with E-state index in [1.54, 1.807) is 0 Å². The molecule has 0 N–H and O–H groups in total. The van der Waals surface area contributed by atoms with Crippen molar-refractivity contribution in [3.05, 3.63) is 0 Å². The van der Waals surface area contributed by atoms with E-state index >= 15 is 0 Å². The molecule has 26 heavy (non-hydrogen) atoms. The van der Waals surface area contributed by atoms with E-state index in [9.17, 15) is 4.79 Å². The average molecular weight is 367 g/mol. The first-order valence-electron chi connectivity index (χ1n) is 11.9. The smallest absolute Gasteiger partial charge is 0.122 e. The number of hydrogen-bond donors (Lipinski definition) is 0. The summed E-state index contributed by atoms with van der Waals surface area (Å²) in [6.45, 7) is 11.6. The zero-order valence-corrected chi connectivity index (χ0v) is 18.9. The van der Waals surface area contributed by atoms with Gasteiger partial charge in [0.05, 0.1) is 0 Å².